The number of hydrogen-bond donors (Lipinski definition) is 0. The van der Waals surface area contributed by atoms with Gasteiger partial charge in [-0.25, -0.2) is 0 Å². The third-order valence-corrected chi connectivity index (χ3v) is 3.59. The van der Waals surface area contributed by atoms with Crippen molar-refractivity contribution in [1.29, 1.82) is 0 Å². The van der Waals surface area contributed by atoms with Crippen LogP contribution in [0.25, 0.3) is 21.5 Å². The fourth-order valence-corrected chi connectivity index (χ4v) is 2.49. The Kier molecular flexibility index (Phi) is 7.40. The molecule has 0 saturated carbocycles. The van der Waals surface area contributed by atoms with E-state index in [-0.39, 0.29) is 0 Å². The Morgan fingerprint density at radius 3 is 1.48 bits per heavy atom. The molecule has 4 aromatic carbocycles. The molecule has 4 rings (SSSR count). The Morgan fingerprint density at radius 2 is 1.09 bits per heavy atom. The first-order valence-corrected chi connectivity index (χ1v) is 11.6. The van der Waals surface area contributed by atoms with Crippen LogP contribution in [0.15, 0.2) is 72.8 Å². The van der Waals surface area contributed by atoms with E-state index >= 15 is 0 Å². The van der Waals surface area contributed by atoms with Crippen LogP contribution >= 0.6 is 18.6 Å². The molecule has 0 spiro atoms. The van der Waals surface area contributed by atoms with E-state index in [2.05, 4.69) is 86.6 Å². The van der Waals surface area contributed by atoms with Gasteiger partial charge in [-0.3, -0.25) is 0 Å². The van der Waals surface area contributed by atoms with Gasteiger partial charge in [0, 0.05) is 0 Å². The van der Waals surface area contributed by atoms with Gasteiger partial charge >= 0.3 is 35.6 Å². The fraction of sp³-hybridized carbons (Fsp3) is 0.100. The summed E-state index contributed by atoms with van der Waals surface area (Å²) in [5.74, 6) is 0. The molecule has 0 amide bonds. The molecule has 0 nitrogen and oxygen atoms in total. The SMILES string of the molecule is Cc1ccc2cc[cH-]c2c1.Cc1ccc2cc[cH-]c2c1.[Cl][Ti][Cl]. The molecule has 0 unspecified atom stereocenters. The fourth-order valence-electron chi connectivity index (χ4n) is 2.49. The first-order chi connectivity index (χ1) is 11.1. The van der Waals surface area contributed by atoms with Crippen LogP contribution in [0.5, 0.6) is 0 Å². The number of hydrogen-bond acceptors (Lipinski definition) is 0. The number of benzene rings is 2. The van der Waals surface area contributed by atoms with Crippen LogP contribution in [0.2, 0.25) is 0 Å². The van der Waals surface area contributed by atoms with Crippen molar-refractivity contribution in [2.45, 2.75) is 13.8 Å². The Bertz CT molecular complexity index is 786. The Labute approximate surface area is 154 Å². The third-order valence-electron chi connectivity index (χ3n) is 3.59. The first kappa shape index (κ1) is 18.3. The molecule has 0 aliphatic carbocycles. The van der Waals surface area contributed by atoms with Gasteiger partial charge in [-0.2, -0.15) is 24.3 Å². The third kappa shape index (κ3) is 5.51. The topological polar surface area (TPSA) is 0 Å². The van der Waals surface area contributed by atoms with Crippen molar-refractivity contribution in [3.63, 3.8) is 0 Å². The minimum absolute atomic E-state index is 0.556. The number of halogens is 2. The normalized spacial score (nSPS) is 9.74. The van der Waals surface area contributed by atoms with Crippen molar-refractivity contribution in [1.82, 2.24) is 0 Å². The summed E-state index contributed by atoms with van der Waals surface area (Å²) in [4.78, 5) is 0. The average Bonchev–Trinajstić information content (AvgIpc) is 3.16. The first-order valence-electron chi connectivity index (χ1n) is 7.34. The summed E-state index contributed by atoms with van der Waals surface area (Å²) >= 11 is -0.556. The number of fused-ring (bicyclic) bond motifs is 2. The monoisotopic (exact) mass is 376 g/mol. The van der Waals surface area contributed by atoms with E-state index in [9.17, 15) is 0 Å². The van der Waals surface area contributed by atoms with Gasteiger partial charge in [0.2, 0.25) is 0 Å². The molecular weight excluding hydrogens is 359 g/mol. The molecule has 0 aliphatic rings. The molecule has 3 heteroatoms. The summed E-state index contributed by atoms with van der Waals surface area (Å²) in [6, 6.07) is 25.7. The maximum absolute atomic E-state index is 4.89. The van der Waals surface area contributed by atoms with Gasteiger partial charge in [-0.05, 0) is 13.8 Å². The molecule has 0 saturated heterocycles. The second kappa shape index (κ2) is 9.30. The zero-order valence-corrected chi connectivity index (χ0v) is 16.3. The predicted molar refractivity (Wildman–Crippen MR) is 100 cm³/mol. The van der Waals surface area contributed by atoms with Crippen LogP contribution in [0, 0.1) is 13.8 Å². The molecule has 0 fully saturated rings. The molecule has 0 N–H and O–H groups in total. The van der Waals surface area contributed by atoms with Crippen LogP contribution in [-0.2, 0) is 17.0 Å². The van der Waals surface area contributed by atoms with E-state index in [1.54, 1.807) is 0 Å². The Hall–Kier alpha value is -1.05. The summed E-state index contributed by atoms with van der Waals surface area (Å²) in [6.45, 7) is 4.24. The zero-order valence-electron chi connectivity index (χ0n) is 13.2. The van der Waals surface area contributed by atoms with E-state index in [4.69, 9.17) is 18.6 Å². The molecular formula is C20H18Cl2Ti-2. The molecule has 0 bridgehead atoms. The molecule has 0 heterocycles. The van der Waals surface area contributed by atoms with Gasteiger partial charge in [-0.1, -0.05) is 23.3 Å². The van der Waals surface area contributed by atoms with Crippen LogP contribution in [0.3, 0.4) is 0 Å². The standard InChI is InChI=1S/2C10H9.2ClH.Ti/c2*1-8-5-6-9-3-2-4-10(9)7-8;;;/h2*2-7H,1H3;2*1H;/q2*-1;;;+2/p-2. The molecule has 23 heavy (non-hydrogen) atoms. The van der Waals surface area contributed by atoms with Crippen molar-refractivity contribution in [2.75, 3.05) is 0 Å². The summed E-state index contributed by atoms with van der Waals surface area (Å²) in [7, 11) is 9.78. The van der Waals surface area contributed by atoms with Gasteiger partial charge in [0.15, 0.2) is 0 Å². The van der Waals surface area contributed by atoms with Gasteiger partial charge in [0.05, 0.1) is 0 Å². The maximum atomic E-state index is 4.89. The van der Waals surface area contributed by atoms with Crippen molar-refractivity contribution in [2.24, 2.45) is 0 Å². The predicted octanol–water partition coefficient (Wildman–Crippen LogP) is 7.11. The van der Waals surface area contributed by atoms with Crippen LogP contribution in [0.4, 0.5) is 0 Å². The van der Waals surface area contributed by atoms with Crippen molar-refractivity contribution >= 4 is 40.2 Å². The zero-order chi connectivity index (χ0) is 16.7. The molecule has 0 atom stereocenters. The molecule has 0 radical (unpaired) electrons. The van der Waals surface area contributed by atoms with Crippen LogP contribution < -0.4 is 0 Å². The van der Waals surface area contributed by atoms with Crippen LogP contribution in [0.1, 0.15) is 11.1 Å². The van der Waals surface area contributed by atoms with Gasteiger partial charge in [0.25, 0.3) is 0 Å². The van der Waals surface area contributed by atoms with Crippen molar-refractivity contribution < 1.29 is 17.0 Å². The quantitative estimate of drug-likeness (QED) is 0.226. The Morgan fingerprint density at radius 1 is 0.696 bits per heavy atom. The van der Waals surface area contributed by atoms with E-state index in [0.29, 0.717) is 0 Å². The molecule has 0 aliphatic heterocycles. The van der Waals surface area contributed by atoms with Crippen molar-refractivity contribution in [3.05, 3.63) is 83.9 Å². The molecule has 118 valence electrons. The number of aryl methyl sites for hydroxylation is 2. The van der Waals surface area contributed by atoms with Crippen molar-refractivity contribution in [3.8, 4) is 0 Å². The second-order valence-electron chi connectivity index (χ2n) is 5.39. The molecule has 0 aromatic heterocycles. The summed E-state index contributed by atoms with van der Waals surface area (Å²) < 4.78 is 0. The van der Waals surface area contributed by atoms with Gasteiger partial charge in [0.1, 0.15) is 0 Å². The Balaban J connectivity index is 0.000000143. The summed E-state index contributed by atoms with van der Waals surface area (Å²) in [6.07, 6.45) is 0. The van der Waals surface area contributed by atoms with E-state index in [0.717, 1.165) is 0 Å². The average molecular weight is 377 g/mol. The second-order valence-corrected chi connectivity index (χ2v) is 7.97. The van der Waals surface area contributed by atoms with Gasteiger partial charge in [-0.15, -0.1) is 57.9 Å². The van der Waals surface area contributed by atoms with E-state index in [1.165, 1.54) is 32.7 Å². The minimum atomic E-state index is -0.556. The summed E-state index contributed by atoms with van der Waals surface area (Å²) in [5, 5.41) is 5.37. The number of rotatable bonds is 0. The van der Waals surface area contributed by atoms with E-state index < -0.39 is 17.0 Å². The summed E-state index contributed by atoms with van der Waals surface area (Å²) in [5.41, 5.74) is 2.66. The van der Waals surface area contributed by atoms with Crippen LogP contribution in [-0.4, -0.2) is 0 Å². The molecule has 4 aromatic rings. The van der Waals surface area contributed by atoms with Gasteiger partial charge < -0.3 is 0 Å². The van der Waals surface area contributed by atoms with E-state index in [1.807, 2.05) is 0 Å².